The molecular weight excluding hydrogens is 417 g/mol. The Balaban J connectivity index is 0.00000288. The van der Waals surface area contributed by atoms with Crippen molar-refractivity contribution in [3.8, 4) is 11.5 Å². The number of aliphatic imine (C=N–C) groups is 1. The van der Waals surface area contributed by atoms with Crippen molar-refractivity contribution in [3.05, 3.63) is 59.7 Å². The summed E-state index contributed by atoms with van der Waals surface area (Å²) in [5, 5.41) is 3.12. The Labute approximate surface area is 160 Å². The average molecular weight is 441 g/mol. The molecule has 0 bridgehead atoms. The van der Waals surface area contributed by atoms with Crippen LogP contribution in [0.1, 0.15) is 11.1 Å². The second-order valence-electron chi connectivity index (χ2n) is 5.05. The summed E-state index contributed by atoms with van der Waals surface area (Å²) in [6.07, 6.45) is 0.821. The Morgan fingerprint density at radius 2 is 1.71 bits per heavy atom. The minimum absolute atomic E-state index is 0. The molecule has 0 aliphatic rings. The molecule has 0 amide bonds. The highest BCUT2D eigenvalue weighted by atomic mass is 127. The van der Waals surface area contributed by atoms with Crippen molar-refractivity contribution < 1.29 is 9.47 Å². The fourth-order valence-electron chi connectivity index (χ4n) is 2.19. The van der Waals surface area contributed by atoms with Crippen molar-refractivity contribution in [1.29, 1.82) is 0 Å². The van der Waals surface area contributed by atoms with Crippen LogP contribution < -0.4 is 20.5 Å². The van der Waals surface area contributed by atoms with Crippen LogP contribution >= 0.6 is 24.0 Å². The summed E-state index contributed by atoms with van der Waals surface area (Å²) in [4.78, 5) is 4.33. The van der Waals surface area contributed by atoms with Crippen molar-refractivity contribution in [1.82, 2.24) is 5.32 Å². The van der Waals surface area contributed by atoms with Gasteiger partial charge < -0.3 is 20.5 Å². The molecule has 0 aliphatic heterocycles. The number of nitrogens with zero attached hydrogens (tertiary/aromatic N) is 1. The number of halogens is 1. The summed E-state index contributed by atoms with van der Waals surface area (Å²) >= 11 is 0. The summed E-state index contributed by atoms with van der Waals surface area (Å²) in [5.74, 6) is 1.91. The lowest BCUT2D eigenvalue weighted by atomic mass is 10.1. The van der Waals surface area contributed by atoms with E-state index >= 15 is 0 Å². The maximum atomic E-state index is 5.88. The van der Waals surface area contributed by atoms with Gasteiger partial charge in [0.25, 0.3) is 0 Å². The number of nitrogens with one attached hydrogen (secondary N) is 1. The summed E-state index contributed by atoms with van der Waals surface area (Å²) in [6, 6.07) is 15.9. The van der Waals surface area contributed by atoms with Crippen LogP contribution in [0.2, 0.25) is 0 Å². The molecule has 24 heavy (non-hydrogen) atoms. The number of methoxy groups -OCH3 is 2. The van der Waals surface area contributed by atoms with Gasteiger partial charge in [0, 0.05) is 6.54 Å². The molecule has 0 unspecified atom stereocenters. The van der Waals surface area contributed by atoms with Gasteiger partial charge in [-0.1, -0.05) is 36.4 Å². The van der Waals surface area contributed by atoms with E-state index in [9.17, 15) is 0 Å². The van der Waals surface area contributed by atoms with Crippen LogP contribution in [0.25, 0.3) is 0 Å². The largest absolute Gasteiger partial charge is 0.493 e. The summed E-state index contributed by atoms with van der Waals surface area (Å²) < 4.78 is 10.5. The molecule has 0 atom stereocenters. The molecule has 0 saturated heterocycles. The minimum atomic E-state index is 0. The molecule has 0 saturated carbocycles. The standard InChI is InChI=1S/C18H23N3O2.HI/c1-22-16-9-8-14(12-17(16)23-2)10-11-20-18(19)21-13-15-6-4-3-5-7-15;/h3-9,12H,10-11,13H2,1-2H3,(H3,19,20,21);1H. The molecule has 3 N–H and O–H groups in total. The maximum absolute atomic E-state index is 5.88. The second kappa shape index (κ2) is 10.7. The Hall–Kier alpha value is -1.96. The van der Waals surface area contributed by atoms with Gasteiger partial charge in [-0.05, 0) is 29.7 Å². The lowest BCUT2D eigenvalue weighted by Gasteiger charge is -2.10. The lowest BCUT2D eigenvalue weighted by molar-refractivity contribution is 0.354. The third kappa shape index (κ3) is 6.27. The van der Waals surface area contributed by atoms with Gasteiger partial charge in [0.2, 0.25) is 0 Å². The zero-order valence-corrected chi connectivity index (χ0v) is 16.3. The zero-order chi connectivity index (χ0) is 16.5. The smallest absolute Gasteiger partial charge is 0.188 e. The van der Waals surface area contributed by atoms with Crippen LogP contribution in [0.15, 0.2) is 53.5 Å². The molecule has 0 aromatic heterocycles. The first kappa shape index (κ1) is 20.1. The molecule has 0 fully saturated rings. The highest BCUT2D eigenvalue weighted by Gasteiger charge is 2.04. The third-order valence-electron chi connectivity index (χ3n) is 3.44. The van der Waals surface area contributed by atoms with Crippen LogP contribution in [0.3, 0.4) is 0 Å². The third-order valence-corrected chi connectivity index (χ3v) is 3.44. The number of hydrogen-bond acceptors (Lipinski definition) is 3. The van der Waals surface area contributed by atoms with E-state index in [0.717, 1.165) is 29.0 Å². The molecule has 0 spiro atoms. The predicted octanol–water partition coefficient (Wildman–Crippen LogP) is 2.97. The van der Waals surface area contributed by atoms with E-state index in [4.69, 9.17) is 15.2 Å². The van der Waals surface area contributed by atoms with E-state index in [2.05, 4.69) is 10.3 Å². The van der Waals surface area contributed by atoms with Crippen LogP contribution in [0.5, 0.6) is 11.5 Å². The first-order chi connectivity index (χ1) is 11.2. The number of nitrogens with two attached hydrogens (primary N) is 1. The highest BCUT2D eigenvalue weighted by molar-refractivity contribution is 14.0. The van der Waals surface area contributed by atoms with E-state index in [0.29, 0.717) is 19.0 Å². The molecule has 2 aromatic carbocycles. The van der Waals surface area contributed by atoms with E-state index in [1.165, 1.54) is 0 Å². The molecule has 0 radical (unpaired) electrons. The average Bonchev–Trinajstić information content (AvgIpc) is 2.60. The Morgan fingerprint density at radius 1 is 1.00 bits per heavy atom. The van der Waals surface area contributed by atoms with Crippen LogP contribution in [0.4, 0.5) is 0 Å². The van der Waals surface area contributed by atoms with Gasteiger partial charge in [-0.2, -0.15) is 0 Å². The Morgan fingerprint density at radius 3 is 2.38 bits per heavy atom. The SMILES string of the molecule is COc1ccc(CCNC(N)=NCc2ccccc2)cc1OC.I. The molecular formula is C18H24IN3O2. The number of guanidine groups is 1. The van der Waals surface area contributed by atoms with Crippen molar-refractivity contribution in [2.45, 2.75) is 13.0 Å². The molecule has 2 rings (SSSR count). The summed E-state index contributed by atoms with van der Waals surface area (Å²) in [6.45, 7) is 1.29. The van der Waals surface area contributed by atoms with Gasteiger partial charge in [-0.3, -0.25) is 0 Å². The van der Waals surface area contributed by atoms with E-state index in [1.54, 1.807) is 14.2 Å². The van der Waals surface area contributed by atoms with E-state index in [-0.39, 0.29) is 24.0 Å². The number of rotatable bonds is 7. The molecule has 2 aromatic rings. The predicted molar refractivity (Wildman–Crippen MR) is 108 cm³/mol. The van der Waals surface area contributed by atoms with Gasteiger partial charge in [0.05, 0.1) is 20.8 Å². The van der Waals surface area contributed by atoms with Gasteiger partial charge in [-0.15, -0.1) is 24.0 Å². The first-order valence-corrected chi connectivity index (χ1v) is 7.51. The van der Waals surface area contributed by atoms with Gasteiger partial charge >= 0.3 is 0 Å². The quantitative estimate of drug-likeness (QED) is 0.394. The monoisotopic (exact) mass is 441 g/mol. The van der Waals surface area contributed by atoms with Crippen molar-refractivity contribution in [3.63, 3.8) is 0 Å². The molecule has 6 heteroatoms. The van der Waals surface area contributed by atoms with Gasteiger partial charge in [0.15, 0.2) is 17.5 Å². The van der Waals surface area contributed by atoms with Crippen LogP contribution in [-0.2, 0) is 13.0 Å². The zero-order valence-electron chi connectivity index (χ0n) is 14.0. The normalized spacial score (nSPS) is 10.7. The highest BCUT2D eigenvalue weighted by Crippen LogP contribution is 2.27. The fourth-order valence-corrected chi connectivity index (χ4v) is 2.19. The number of hydrogen-bond donors (Lipinski definition) is 2. The molecule has 0 aliphatic carbocycles. The first-order valence-electron chi connectivity index (χ1n) is 7.51. The molecule has 130 valence electrons. The number of ether oxygens (including phenoxy) is 2. The maximum Gasteiger partial charge on any atom is 0.188 e. The van der Waals surface area contributed by atoms with Crippen molar-refractivity contribution in [2.24, 2.45) is 10.7 Å². The van der Waals surface area contributed by atoms with Crippen molar-refractivity contribution >= 4 is 29.9 Å². The lowest BCUT2D eigenvalue weighted by Crippen LogP contribution is -2.33. The van der Waals surface area contributed by atoms with Crippen LogP contribution in [0, 0.1) is 0 Å². The fraction of sp³-hybridized carbons (Fsp3) is 0.278. The Kier molecular flexibility index (Phi) is 8.99. The van der Waals surface area contributed by atoms with E-state index < -0.39 is 0 Å². The van der Waals surface area contributed by atoms with Gasteiger partial charge in [-0.25, -0.2) is 4.99 Å². The topological polar surface area (TPSA) is 68.9 Å². The van der Waals surface area contributed by atoms with E-state index in [1.807, 2.05) is 48.5 Å². The van der Waals surface area contributed by atoms with Crippen molar-refractivity contribution in [2.75, 3.05) is 20.8 Å². The summed E-state index contributed by atoms with van der Waals surface area (Å²) in [7, 11) is 3.26. The molecule has 0 heterocycles. The number of benzene rings is 2. The Bertz CT molecular complexity index is 648. The van der Waals surface area contributed by atoms with Gasteiger partial charge in [0.1, 0.15) is 0 Å². The summed E-state index contributed by atoms with van der Waals surface area (Å²) in [5.41, 5.74) is 8.16. The molecule has 5 nitrogen and oxygen atoms in total. The van der Waals surface area contributed by atoms with Crippen LogP contribution in [-0.4, -0.2) is 26.7 Å². The second-order valence-corrected chi connectivity index (χ2v) is 5.05. The minimum Gasteiger partial charge on any atom is -0.493 e.